The van der Waals surface area contributed by atoms with Gasteiger partial charge in [-0.25, -0.2) is 4.79 Å². The number of benzene rings is 5. The summed E-state index contributed by atoms with van der Waals surface area (Å²) in [6.45, 7) is 0.163. The number of hydrogen-bond donors (Lipinski definition) is 2. The minimum atomic E-state index is -0.999. The summed E-state index contributed by atoms with van der Waals surface area (Å²) < 4.78 is 5.75. The Morgan fingerprint density at radius 2 is 1.27 bits per heavy atom. The Labute approximate surface area is 214 Å². The number of carboxylic acids is 1. The Bertz CT molecular complexity index is 1560. The number of hydrogen-bond acceptors (Lipinski definition) is 3. The first-order chi connectivity index (χ1) is 18.1. The van der Waals surface area contributed by atoms with Crippen LogP contribution in [0.25, 0.3) is 32.7 Å². The van der Waals surface area contributed by atoms with Crippen molar-refractivity contribution in [2.75, 3.05) is 6.61 Å². The number of amides is 1. The second-order valence-corrected chi connectivity index (χ2v) is 9.35. The molecule has 5 heteroatoms. The summed E-state index contributed by atoms with van der Waals surface area (Å²) >= 11 is 0. The van der Waals surface area contributed by atoms with E-state index in [2.05, 4.69) is 35.6 Å². The number of alkyl carbamates (subject to hydrolysis) is 1. The molecule has 0 radical (unpaired) electrons. The molecule has 0 spiro atoms. The van der Waals surface area contributed by atoms with E-state index in [9.17, 15) is 14.7 Å². The molecule has 37 heavy (non-hydrogen) atoms. The summed E-state index contributed by atoms with van der Waals surface area (Å²) in [7, 11) is 0. The number of rotatable bonds is 6. The Balaban J connectivity index is 1.31. The molecule has 1 amide bonds. The first-order valence-corrected chi connectivity index (χ1v) is 12.3. The molecule has 0 heterocycles. The fraction of sp³-hybridized carbons (Fsp3) is 0.125. The van der Waals surface area contributed by atoms with E-state index in [4.69, 9.17) is 4.74 Å². The lowest BCUT2D eigenvalue weighted by molar-refractivity contribution is -0.137. The molecule has 182 valence electrons. The van der Waals surface area contributed by atoms with Crippen LogP contribution >= 0.6 is 0 Å². The number of ether oxygens (including phenoxy) is 1. The van der Waals surface area contributed by atoms with Crippen LogP contribution in [0.15, 0.2) is 103 Å². The highest BCUT2D eigenvalue weighted by molar-refractivity contribution is 6.03. The number of fused-ring (bicyclic) bond motifs is 5. The van der Waals surface area contributed by atoms with Crippen LogP contribution in [0, 0.1) is 0 Å². The van der Waals surface area contributed by atoms with E-state index in [1.165, 1.54) is 0 Å². The van der Waals surface area contributed by atoms with Crippen LogP contribution in [0.3, 0.4) is 0 Å². The van der Waals surface area contributed by atoms with Gasteiger partial charge >= 0.3 is 12.1 Å². The molecule has 0 bridgehead atoms. The fourth-order valence-corrected chi connectivity index (χ4v) is 5.61. The number of carbonyl (C=O) groups is 2. The maximum Gasteiger partial charge on any atom is 0.407 e. The highest BCUT2D eigenvalue weighted by Gasteiger charge is 2.30. The Hall–Kier alpha value is -4.64. The highest BCUT2D eigenvalue weighted by Crippen LogP contribution is 2.44. The fourth-order valence-electron chi connectivity index (χ4n) is 5.61. The van der Waals surface area contributed by atoms with Gasteiger partial charge in [0, 0.05) is 5.92 Å². The van der Waals surface area contributed by atoms with Crippen LogP contribution in [0.2, 0.25) is 0 Å². The van der Waals surface area contributed by atoms with Gasteiger partial charge in [-0.2, -0.15) is 0 Å². The third kappa shape index (κ3) is 4.19. The van der Waals surface area contributed by atoms with Crippen molar-refractivity contribution in [3.8, 4) is 11.1 Å². The number of carboxylic acid groups (broad SMARTS) is 1. The van der Waals surface area contributed by atoms with Crippen LogP contribution in [0.5, 0.6) is 0 Å². The van der Waals surface area contributed by atoms with Gasteiger partial charge in [-0.15, -0.1) is 0 Å². The topological polar surface area (TPSA) is 75.6 Å². The molecule has 5 aromatic rings. The van der Waals surface area contributed by atoms with Gasteiger partial charge in [-0.3, -0.25) is 4.79 Å². The van der Waals surface area contributed by atoms with E-state index >= 15 is 0 Å². The molecule has 0 aromatic heterocycles. The Morgan fingerprint density at radius 3 is 1.84 bits per heavy atom. The third-order valence-electron chi connectivity index (χ3n) is 7.18. The van der Waals surface area contributed by atoms with Crippen LogP contribution in [0.4, 0.5) is 4.79 Å². The van der Waals surface area contributed by atoms with Crippen molar-refractivity contribution in [2.45, 2.75) is 18.4 Å². The minimum absolute atomic E-state index is 0.0746. The largest absolute Gasteiger partial charge is 0.481 e. The van der Waals surface area contributed by atoms with Gasteiger partial charge in [0.1, 0.15) is 6.61 Å². The zero-order valence-corrected chi connectivity index (χ0v) is 20.1. The van der Waals surface area contributed by atoms with Gasteiger partial charge in [-0.1, -0.05) is 97.1 Å². The Morgan fingerprint density at radius 1 is 0.757 bits per heavy atom. The van der Waals surface area contributed by atoms with E-state index in [0.29, 0.717) is 0 Å². The van der Waals surface area contributed by atoms with Crippen LogP contribution in [-0.4, -0.2) is 23.8 Å². The molecule has 5 aromatic carbocycles. The van der Waals surface area contributed by atoms with Crippen molar-refractivity contribution in [1.29, 1.82) is 0 Å². The van der Waals surface area contributed by atoms with Gasteiger partial charge in [0.2, 0.25) is 0 Å². The average Bonchev–Trinajstić information content (AvgIpc) is 3.23. The van der Waals surface area contributed by atoms with Crippen LogP contribution in [0.1, 0.15) is 35.1 Å². The molecule has 0 fully saturated rings. The second-order valence-electron chi connectivity index (χ2n) is 9.35. The van der Waals surface area contributed by atoms with E-state index < -0.39 is 18.1 Å². The molecular formula is C32H25NO4. The van der Waals surface area contributed by atoms with Gasteiger partial charge < -0.3 is 15.2 Å². The molecule has 1 atom stereocenters. The van der Waals surface area contributed by atoms with Gasteiger partial charge in [0.25, 0.3) is 0 Å². The molecule has 2 N–H and O–H groups in total. The lowest BCUT2D eigenvalue weighted by Gasteiger charge is -2.22. The third-order valence-corrected chi connectivity index (χ3v) is 7.18. The van der Waals surface area contributed by atoms with Gasteiger partial charge in [-0.05, 0) is 55.4 Å². The molecule has 0 aliphatic heterocycles. The average molecular weight is 488 g/mol. The van der Waals surface area contributed by atoms with Crippen molar-refractivity contribution >= 4 is 33.6 Å². The maximum absolute atomic E-state index is 13.1. The summed E-state index contributed by atoms with van der Waals surface area (Å²) in [6, 6.07) is 33.3. The highest BCUT2D eigenvalue weighted by atomic mass is 16.5. The van der Waals surface area contributed by atoms with Crippen molar-refractivity contribution in [1.82, 2.24) is 5.32 Å². The summed E-state index contributed by atoms with van der Waals surface area (Å²) in [5.41, 5.74) is 5.33. The lowest BCUT2D eigenvalue weighted by atomic mass is 9.91. The normalized spacial score (nSPS) is 13.2. The summed E-state index contributed by atoms with van der Waals surface area (Å²) in [5, 5.41) is 16.4. The molecular weight excluding hydrogens is 462 g/mol. The molecule has 1 aliphatic carbocycles. The van der Waals surface area contributed by atoms with Crippen molar-refractivity contribution in [3.05, 3.63) is 120 Å². The molecule has 1 aliphatic rings. The zero-order valence-electron chi connectivity index (χ0n) is 20.1. The van der Waals surface area contributed by atoms with Gasteiger partial charge in [0.15, 0.2) is 0 Å². The van der Waals surface area contributed by atoms with Crippen molar-refractivity contribution < 1.29 is 19.4 Å². The van der Waals surface area contributed by atoms with Crippen molar-refractivity contribution in [3.63, 3.8) is 0 Å². The van der Waals surface area contributed by atoms with Gasteiger partial charge in [0.05, 0.1) is 12.5 Å². The number of nitrogens with one attached hydrogen (secondary N) is 1. The summed E-state index contributed by atoms with van der Waals surface area (Å²) in [6.07, 6.45) is -0.896. The molecule has 0 unspecified atom stereocenters. The molecule has 0 saturated heterocycles. The van der Waals surface area contributed by atoms with E-state index in [1.54, 1.807) is 0 Å². The molecule has 5 nitrogen and oxygen atoms in total. The predicted molar refractivity (Wildman–Crippen MR) is 145 cm³/mol. The summed E-state index contributed by atoms with van der Waals surface area (Å²) in [5.74, 6) is -1.07. The number of aliphatic carboxylic acids is 1. The number of carbonyl (C=O) groups excluding carboxylic acids is 1. The first kappa shape index (κ1) is 22.8. The van der Waals surface area contributed by atoms with Crippen LogP contribution < -0.4 is 5.32 Å². The molecule has 0 saturated carbocycles. The molecule has 6 rings (SSSR count). The lowest BCUT2D eigenvalue weighted by Crippen LogP contribution is -2.32. The SMILES string of the molecule is O=C(O)C[C@H](NC(=O)OCC1c2ccccc2-c2ccccc21)c1c2ccccc2cc2ccccc12. The van der Waals surface area contributed by atoms with Crippen LogP contribution in [-0.2, 0) is 9.53 Å². The van der Waals surface area contributed by atoms with Crippen molar-refractivity contribution in [2.24, 2.45) is 0 Å². The Kier molecular flexibility index (Phi) is 5.81. The van der Waals surface area contributed by atoms with E-state index in [0.717, 1.165) is 49.4 Å². The maximum atomic E-state index is 13.1. The minimum Gasteiger partial charge on any atom is -0.481 e. The quantitative estimate of drug-likeness (QED) is 0.252. The smallest absolute Gasteiger partial charge is 0.407 e. The van der Waals surface area contributed by atoms with E-state index in [-0.39, 0.29) is 18.9 Å². The zero-order chi connectivity index (χ0) is 25.4. The monoisotopic (exact) mass is 487 g/mol. The van der Waals surface area contributed by atoms with E-state index in [1.807, 2.05) is 72.8 Å². The summed E-state index contributed by atoms with van der Waals surface area (Å²) in [4.78, 5) is 25.0. The second kappa shape index (κ2) is 9.43. The predicted octanol–water partition coefficient (Wildman–Crippen LogP) is 7.05. The first-order valence-electron chi connectivity index (χ1n) is 12.3. The standard InChI is InChI=1S/C32H25NO4/c34-30(35)18-29(31-22-11-3-1-9-20(22)17-21-10-2-4-12-23(21)31)33-32(36)37-19-28-26-15-7-5-13-24(26)25-14-6-8-16-27(25)28/h1-17,28-29H,18-19H2,(H,33,36)(H,34,35)/t29-/m0/s1.